The summed E-state index contributed by atoms with van der Waals surface area (Å²) in [5.41, 5.74) is -1.62. The van der Waals surface area contributed by atoms with E-state index in [0.717, 1.165) is 0 Å². The quantitative estimate of drug-likeness (QED) is 0.364. The normalized spacial score (nSPS) is 15.7. The zero-order valence-corrected chi connectivity index (χ0v) is 7.61. The third-order valence-corrected chi connectivity index (χ3v) is 2.02. The first-order chi connectivity index (χ1) is 5.51. The molecule has 0 radical (unpaired) electrons. The minimum absolute atomic E-state index is 0.209. The van der Waals surface area contributed by atoms with Gasteiger partial charge in [0.1, 0.15) is 0 Å². The van der Waals surface area contributed by atoms with Crippen LogP contribution in [-0.4, -0.2) is 10.6 Å². The Hall–Kier alpha value is -1.00. The Morgan fingerprint density at radius 2 is 2.08 bits per heavy atom. The molecule has 0 spiro atoms. The van der Waals surface area contributed by atoms with Crippen molar-refractivity contribution in [2.75, 3.05) is 0 Å². The molecule has 1 unspecified atom stereocenters. The van der Waals surface area contributed by atoms with Crippen molar-refractivity contribution in [3.8, 4) is 0 Å². The molecule has 0 N–H and O–H groups in total. The van der Waals surface area contributed by atoms with Crippen molar-refractivity contribution in [2.24, 2.45) is 11.1 Å². The average Bonchev–Trinajstić information content (AvgIpc) is 1.98. The third-order valence-electron chi connectivity index (χ3n) is 2.02. The first kappa shape index (κ1) is 11.0. The van der Waals surface area contributed by atoms with E-state index in [1.807, 2.05) is 0 Å². The van der Waals surface area contributed by atoms with Crippen LogP contribution in [0.5, 0.6) is 0 Å². The van der Waals surface area contributed by atoms with Crippen LogP contribution < -0.4 is 0 Å². The Labute approximate surface area is 71.3 Å². The largest absolute Gasteiger partial charge is 0.350 e. The van der Waals surface area contributed by atoms with Crippen LogP contribution in [0, 0.1) is 20.9 Å². The molecule has 70 valence electrons. The molecular weight excluding hydrogens is 160 g/mol. The van der Waals surface area contributed by atoms with Gasteiger partial charge in [0, 0.05) is 17.5 Å². The molecule has 0 bridgehead atoms. The molecule has 0 fully saturated rings. The molecule has 0 saturated heterocycles. The van der Waals surface area contributed by atoms with E-state index in [4.69, 9.17) is 0 Å². The van der Waals surface area contributed by atoms with E-state index in [-0.39, 0.29) is 12.3 Å². The van der Waals surface area contributed by atoms with E-state index in [9.17, 15) is 15.0 Å². The van der Waals surface area contributed by atoms with Crippen LogP contribution in [0.4, 0.5) is 0 Å². The first-order valence-electron chi connectivity index (χ1n) is 4.00. The predicted molar refractivity (Wildman–Crippen MR) is 45.3 cm³/mol. The average molecular weight is 174 g/mol. The lowest BCUT2D eigenvalue weighted by molar-refractivity contribution is -0.579. The number of rotatable bonds is 5. The predicted octanol–water partition coefficient (Wildman–Crippen LogP) is 2.18. The van der Waals surface area contributed by atoms with E-state index in [2.05, 4.69) is 5.18 Å². The van der Waals surface area contributed by atoms with Crippen LogP contribution >= 0.6 is 0 Å². The fraction of sp³-hybridized carbons (Fsp3) is 1.00. The third kappa shape index (κ3) is 1.78. The maximum atomic E-state index is 10.6. The zero-order chi connectivity index (χ0) is 9.78. The molecule has 1 atom stereocenters. The van der Waals surface area contributed by atoms with Gasteiger partial charge in [-0.05, 0) is 6.42 Å². The van der Waals surface area contributed by atoms with E-state index < -0.39 is 10.6 Å². The van der Waals surface area contributed by atoms with Crippen molar-refractivity contribution >= 4 is 0 Å². The van der Waals surface area contributed by atoms with Crippen LogP contribution in [0.25, 0.3) is 0 Å². The molecule has 5 heteroatoms. The van der Waals surface area contributed by atoms with Gasteiger partial charge in [0.25, 0.3) is 0 Å². The molecule has 0 amide bonds. The highest BCUT2D eigenvalue weighted by molar-refractivity contribution is 4.78. The lowest BCUT2D eigenvalue weighted by atomic mass is 9.93. The van der Waals surface area contributed by atoms with Gasteiger partial charge in [0.2, 0.25) is 0 Å². The van der Waals surface area contributed by atoms with Crippen LogP contribution in [0.1, 0.15) is 33.6 Å². The molecule has 5 nitrogen and oxygen atoms in total. The van der Waals surface area contributed by atoms with Gasteiger partial charge >= 0.3 is 5.66 Å². The number of hydrogen-bond acceptors (Lipinski definition) is 4. The summed E-state index contributed by atoms with van der Waals surface area (Å²) in [7, 11) is 0. The highest BCUT2D eigenvalue weighted by Gasteiger charge is 2.47. The molecule has 0 aliphatic carbocycles. The van der Waals surface area contributed by atoms with Gasteiger partial charge in [-0.15, -0.1) is 4.91 Å². The lowest BCUT2D eigenvalue weighted by Crippen LogP contribution is -2.41. The summed E-state index contributed by atoms with van der Waals surface area (Å²) in [6, 6.07) is 0. The van der Waals surface area contributed by atoms with Crippen molar-refractivity contribution in [3.05, 3.63) is 15.0 Å². The standard InChI is InChI=1S/C7H14N2O3/c1-4-5-7(8-10,6(2)3)9(11)12/h6H,4-5H2,1-3H3. The lowest BCUT2D eigenvalue weighted by Gasteiger charge is -2.20. The summed E-state index contributed by atoms with van der Waals surface area (Å²) < 4.78 is 0. The summed E-state index contributed by atoms with van der Waals surface area (Å²) in [5.74, 6) is -0.357. The SMILES string of the molecule is CCCC(N=O)(C(C)C)[N+](=O)[O-]. The summed E-state index contributed by atoms with van der Waals surface area (Å²) >= 11 is 0. The van der Waals surface area contributed by atoms with Crippen molar-refractivity contribution in [3.63, 3.8) is 0 Å². The number of nitro groups is 1. The molecule has 0 aliphatic rings. The van der Waals surface area contributed by atoms with E-state index >= 15 is 0 Å². The molecule has 12 heavy (non-hydrogen) atoms. The molecule has 0 saturated carbocycles. The Morgan fingerprint density at radius 3 is 2.17 bits per heavy atom. The second kappa shape index (κ2) is 4.13. The molecule has 0 aromatic heterocycles. The minimum Gasteiger partial charge on any atom is -0.262 e. The van der Waals surface area contributed by atoms with E-state index in [1.165, 1.54) is 0 Å². The van der Waals surface area contributed by atoms with E-state index in [1.54, 1.807) is 20.8 Å². The second-order valence-corrected chi connectivity index (χ2v) is 3.13. The molecular formula is C7H14N2O3. The smallest absolute Gasteiger partial charge is 0.262 e. The fourth-order valence-electron chi connectivity index (χ4n) is 1.14. The van der Waals surface area contributed by atoms with Crippen molar-refractivity contribution < 1.29 is 4.92 Å². The van der Waals surface area contributed by atoms with Gasteiger partial charge in [-0.3, -0.25) is 10.1 Å². The highest BCUT2D eigenvalue weighted by atomic mass is 16.6. The Morgan fingerprint density at radius 1 is 1.58 bits per heavy atom. The minimum atomic E-state index is -1.62. The van der Waals surface area contributed by atoms with Gasteiger partial charge < -0.3 is 0 Å². The van der Waals surface area contributed by atoms with Gasteiger partial charge in [0.15, 0.2) is 0 Å². The number of nitrogens with zero attached hydrogens (tertiary/aromatic N) is 2. The maximum Gasteiger partial charge on any atom is 0.350 e. The molecule has 0 aromatic rings. The highest BCUT2D eigenvalue weighted by Crippen LogP contribution is 2.27. The fourth-order valence-corrected chi connectivity index (χ4v) is 1.14. The van der Waals surface area contributed by atoms with Crippen LogP contribution in [-0.2, 0) is 0 Å². The van der Waals surface area contributed by atoms with Crippen molar-refractivity contribution in [1.82, 2.24) is 0 Å². The van der Waals surface area contributed by atoms with Gasteiger partial charge in [-0.2, -0.15) is 0 Å². The van der Waals surface area contributed by atoms with E-state index in [0.29, 0.717) is 6.42 Å². The van der Waals surface area contributed by atoms with Crippen LogP contribution in [0.2, 0.25) is 0 Å². The monoisotopic (exact) mass is 174 g/mol. The zero-order valence-electron chi connectivity index (χ0n) is 7.61. The van der Waals surface area contributed by atoms with Crippen molar-refractivity contribution in [1.29, 1.82) is 0 Å². The second-order valence-electron chi connectivity index (χ2n) is 3.13. The molecule has 0 aliphatic heterocycles. The van der Waals surface area contributed by atoms with Gasteiger partial charge in [-0.25, -0.2) is 0 Å². The number of nitroso groups, excluding NO2 is 1. The Kier molecular flexibility index (Phi) is 3.79. The van der Waals surface area contributed by atoms with Gasteiger partial charge in [-0.1, -0.05) is 20.8 Å². The first-order valence-corrected chi connectivity index (χ1v) is 4.00. The maximum absolute atomic E-state index is 10.6. The molecule has 0 rings (SSSR count). The molecule has 0 heterocycles. The van der Waals surface area contributed by atoms with Crippen LogP contribution in [0.15, 0.2) is 5.18 Å². The van der Waals surface area contributed by atoms with Crippen LogP contribution in [0.3, 0.4) is 0 Å². The summed E-state index contributed by atoms with van der Waals surface area (Å²) in [6.07, 6.45) is 0.798. The Balaban J connectivity index is 4.75. The molecule has 0 aromatic carbocycles. The summed E-state index contributed by atoms with van der Waals surface area (Å²) in [4.78, 5) is 20.4. The van der Waals surface area contributed by atoms with Crippen molar-refractivity contribution in [2.45, 2.75) is 39.3 Å². The topological polar surface area (TPSA) is 72.6 Å². The number of hydrogen-bond donors (Lipinski definition) is 0. The summed E-state index contributed by atoms with van der Waals surface area (Å²) in [6.45, 7) is 5.07. The van der Waals surface area contributed by atoms with Gasteiger partial charge in [0.05, 0.1) is 4.92 Å². The Bertz CT molecular complexity index is 181. The summed E-state index contributed by atoms with van der Waals surface area (Å²) in [5, 5.41) is 13.3.